The van der Waals surface area contributed by atoms with E-state index in [4.69, 9.17) is 0 Å². The van der Waals surface area contributed by atoms with Gasteiger partial charge in [0.05, 0.1) is 0 Å². The summed E-state index contributed by atoms with van der Waals surface area (Å²) in [6, 6.07) is 0. The molecule has 0 aromatic heterocycles. The Morgan fingerprint density at radius 1 is 1.27 bits per heavy atom. The molecule has 0 aromatic rings. The summed E-state index contributed by atoms with van der Waals surface area (Å²) in [5, 5.41) is 0. The SMILES string of the molecule is C=C(CC)C(=CC(C)C)CC. The highest BCUT2D eigenvalue weighted by molar-refractivity contribution is 5.27. The van der Waals surface area contributed by atoms with Gasteiger partial charge in [0.15, 0.2) is 0 Å². The van der Waals surface area contributed by atoms with Crippen molar-refractivity contribution in [2.75, 3.05) is 0 Å². The molecule has 0 heterocycles. The van der Waals surface area contributed by atoms with Gasteiger partial charge in [-0.25, -0.2) is 0 Å². The lowest BCUT2D eigenvalue weighted by Crippen LogP contribution is -1.89. The number of hydrogen-bond donors (Lipinski definition) is 0. The van der Waals surface area contributed by atoms with Crippen molar-refractivity contribution in [2.45, 2.75) is 40.5 Å². The quantitative estimate of drug-likeness (QED) is 0.535. The normalized spacial score (nSPS) is 12.3. The maximum absolute atomic E-state index is 4.03. The monoisotopic (exact) mass is 152 g/mol. The van der Waals surface area contributed by atoms with E-state index < -0.39 is 0 Å². The average Bonchev–Trinajstić information content (AvgIpc) is 1.98. The van der Waals surface area contributed by atoms with Gasteiger partial charge in [0, 0.05) is 0 Å². The summed E-state index contributed by atoms with van der Waals surface area (Å²) in [6.07, 6.45) is 4.50. The van der Waals surface area contributed by atoms with Crippen LogP contribution in [0.3, 0.4) is 0 Å². The Hall–Kier alpha value is -0.520. The Morgan fingerprint density at radius 2 is 1.82 bits per heavy atom. The first-order chi connectivity index (χ1) is 5.11. The predicted octanol–water partition coefficient (Wildman–Crippen LogP) is 3.95. The van der Waals surface area contributed by atoms with E-state index >= 15 is 0 Å². The smallest absolute Gasteiger partial charge is 0.0285 e. The van der Waals surface area contributed by atoms with Crippen LogP contribution in [0.5, 0.6) is 0 Å². The maximum Gasteiger partial charge on any atom is -0.0285 e. The molecule has 0 rings (SSSR count). The van der Waals surface area contributed by atoms with E-state index in [0.29, 0.717) is 5.92 Å². The van der Waals surface area contributed by atoms with Crippen LogP contribution in [0.25, 0.3) is 0 Å². The van der Waals surface area contributed by atoms with Crippen molar-refractivity contribution in [3.63, 3.8) is 0 Å². The van der Waals surface area contributed by atoms with Crippen LogP contribution in [0.15, 0.2) is 23.8 Å². The van der Waals surface area contributed by atoms with Crippen molar-refractivity contribution in [2.24, 2.45) is 5.92 Å². The van der Waals surface area contributed by atoms with Gasteiger partial charge in [-0.05, 0) is 24.3 Å². The predicted molar refractivity (Wildman–Crippen MR) is 52.6 cm³/mol. The first-order valence-corrected chi connectivity index (χ1v) is 4.50. The zero-order valence-corrected chi connectivity index (χ0v) is 8.28. The van der Waals surface area contributed by atoms with Crippen LogP contribution >= 0.6 is 0 Å². The molecule has 0 saturated heterocycles. The van der Waals surface area contributed by atoms with Gasteiger partial charge in [-0.15, -0.1) is 0 Å². The van der Waals surface area contributed by atoms with Gasteiger partial charge in [-0.1, -0.05) is 45.9 Å². The van der Waals surface area contributed by atoms with Crippen molar-refractivity contribution >= 4 is 0 Å². The van der Waals surface area contributed by atoms with E-state index in [-0.39, 0.29) is 0 Å². The molecule has 0 N–H and O–H groups in total. The van der Waals surface area contributed by atoms with Crippen LogP contribution in [0.4, 0.5) is 0 Å². The van der Waals surface area contributed by atoms with Crippen LogP contribution < -0.4 is 0 Å². The van der Waals surface area contributed by atoms with E-state index in [1.807, 2.05) is 0 Å². The van der Waals surface area contributed by atoms with Crippen molar-refractivity contribution in [1.82, 2.24) is 0 Å². The number of allylic oxidation sites excluding steroid dienone is 3. The molecule has 64 valence electrons. The average molecular weight is 152 g/mol. The van der Waals surface area contributed by atoms with Gasteiger partial charge < -0.3 is 0 Å². The van der Waals surface area contributed by atoms with Gasteiger partial charge in [-0.3, -0.25) is 0 Å². The minimum absolute atomic E-state index is 0.647. The second-order valence-electron chi connectivity index (χ2n) is 3.25. The van der Waals surface area contributed by atoms with Crippen LogP contribution in [0, 0.1) is 5.92 Å². The van der Waals surface area contributed by atoms with Crippen molar-refractivity contribution in [3.8, 4) is 0 Å². The molecular formula is C11H20. The lowest BCUT2D eigenvalue weighted by molar-refractivity contribution is 0.812. The van der Waals surface area contributed by atoms with Crippen LogP contribution in [-0.2, 0) is 0 Å². The van der Waals surface area contributed by atoms with E-state index in [1.165, 1.54) is 11.1 Å². The summed E-state index contributed by atoms with van der Waals surface area (Å²) in [6.45, 7) is 12.8. The fraction of sp³-hybridized carbons (Fsp3) is 0.636. The second-order valence-corrected chi connectivity index (χ2v) is 3.25. The first-order valence-electron chi connectivity index (χ1n) is 4.50. The summed E-state index contributed by atoms with van der Waals surface area (Å²) in [5.41, 5.74) is 2.73. The minimum atomic E-state index is 0.647. The zero-order chi connectivity index (χ0) is 8.85. The van der Waals surface area contributed by atoms with E-state index in [1.54, 1.807) is 0 Å². The lowest BCUT2D eigenvalue weighted by Gasteiger charge is -2.07. The Morgan fingerprint density at radius 3 is 2.09 bits per heavy atom. The highest BCUT2D eigenvalue weighted by atomic mass is 14.0. The largest absolute Gasteiger partial charge is 0.0956 e. The van der Waals surface area contributed by atoms with E-state index in [0.717, 1.165) is 12.8 Å². The van der Waals surface area contributed by atoms with Gasteiger partial charge in [0.2, 0.25) is 0 Å². The minimum Gasteiger partial charge on any atom is -0.0956 e. The molecule has 0 radical (unpaired) electrons. The van der Waals surface area contributed by atoms with Crippen LogP contribution in [0.1, 0.15) is 40.5 Å². The fourth-order valence-electron chi connectivity index (χ4n) is 1.12. The fourth-order valence-corrected chi connectivity index (χ4v) is 1.12. The van der Waals surface area contributed by atoms with Gasteiger partial charge in [-0.2, -0.15) is 0 Å². The van der Waals surface area contributed by atoms with Gasteiger partial charge in [0.25, 0.3) is 0 Å². The van der Waals surface area contributed by atoms with Crippen molar-refractivity contribution in [3.05, 3.63) is 23.8 Å². The number of hydrogen-bond acceptors (Lipinski definition) is 0. The maximum atomic E-state index is 4.03. The van der Waals surface area contributed by atoms with Crippen LogP contribution in [0.2, 0.25) is 0 Å². The summed E-state index contributed by atoms with van der Waals surface area (Å²) < 4.78 is 0. The molecule has 0 unspecified atom stereocenters. The second kappa shape index (κ2) is 5.17. The lowest BCUT2D eigenvalue weighted by atomic mass is 9.99. The van der Waals surface area contributed by atoms with Crippen molar-refractivity contribution < 1.29 is 0 Å². The number of rotatable bonds is 4. The summed E-state index contributed by atoms with van der Waals surface area (Å²) in [7, 11) is 0. The van der Waals surface area contributed by atoms with E-state index in [2.05, 4.69) is 40.3 Å². The molecule has 0 atom stereocenters. The molecule has 11 heavy (non-hydrogen) atoms. The molecule has 0 heteroatoms. The Balaban J connectivity index is 4.27. The zero-order valence-electron chi connectivity index (χ0n) is 8.28. The third-order valence-electron chi connectivity index (χ3n) is 1.80. The topological polar surface area (TPSA) is 0 Å². The molecule has 0 aliphatic rings. The molecule has 0 fully saturated rings. The molecule has 0 saturated carbocycles. The Labute approximate surface area is 71.0 Å². The molecule has 0 aromatic carbocycles. The van der Waals surface area contributed by atoms with E-state index in [9.17, 15) is 0 Å². The summed E-state index contributed by atoms with van der Waals surface area (Å²) in [4.78, 5) is 0. The third-order valence-corrected chi connectivity index (χ3v) is 1.80. The molecule has 0 nitrogen and oxygen atoms in total. The molecule has 0 spiro atoms. The van der Waals surface area contributed by atoms with Gasteiger partial charge >= 0.3 is 0 Å². The molecule has 0 aliphatic heterocycles. The van der Waals surface area contributed by atoms with Gasteiger partial charge in [0.1, 0.15) is 0 Å². The standard InChI is InChI=1S/C11H20/c1-6-10(5)11(7-2)8-9(3)4/h8-9H,5-7H2,1-4H3. The summed E-state index contributed by atoms with van der Waals surface area (Å²) in [5.74, 6) is 0.647. The first kappa shape index (κ1) is 10.5. The molecule has 0 bridgehead atoms. The molecular weight excluding hydrogens is 132 g/mol. The highest BCUT2D eigenvalue weighted by Gasteiger charge is 1.98. The molecule has 0 aliphatic carbocycles. The summed E-state index contributed by atoms with van der Waals surface area (Å²) >= 11 is 0. The van der Waals surface area contributed by atoms with Crippen LogP contribution in [-0.4, -0.2) is 0 Å². The highest BCUT2D eigenvalue weighted by Crippen LogP contribution is 2.17. The third kappa shape index (κ3) is 4.02. The molecule has 0 amide bonds. The Kier molecular flexibility index (Phi) is 4.93. The Bertz CT molecular complexity index is 149. The van der Waals surface area contributed by atoms with Crippen molar-refractivity contribution in [1.29, 1.82) is 0 Å².